The Balaban J connectivity index is 1.53. The van der Waals surface area contributed by atoms with E-state index in [9.17, 15) is 14.7 Å². The van der Waals surface area contributed by atoms with Crippen molar-refractivity contribution in [3.05, 3.63) is 81.6 Å². The van der Waals surface area contributed by atoms with Crippen molar-refractivity contribution in [3.63, 3.8) is 0 Å². The molecule has 1 amide bonds. The molecule has 1 heterocycles. The standard InChI is InChI=1S/C25H21ClN4O5S/c1-34-20-11-15(12-21(35-2)23(20)32)13-27-29-22(31)14-36-25-28-19-6-4-3-5-18(19)24(33)30(25)17-9-7-16(26)8-10-17/h3-13,32H,14H2,1-2H3,(H,29,31)/b27-13+. The van der Waals surface area contributed by atoms with Crippen LogP contribution < -0.4 is 20.5 Å². The number of hydrogen-bond acceptors (Lipinski definition) is 8. The van der Waals surface area contributed by atoms with Crippen LogP contribution in [0, 0.1) is 0 Å². The molecule has 3 aromatic carbocycles. The number of nitrogens with zero attached hydrogens (tertiary/aromatic N) is 3. The van der Waals surface area contributed by atoms with E-state index in [0.29, 0.717) is 32.3 Å². The second-order valence-corrected chi connectivity index (χ2v) is 8.76. The number of carbonyl (C=O) groups excluding carboxylic acids is 1. The molecule has 0 unspecified atom stereocenters. The number of aromatic hydroxyl groups is 1. The summed E-state index contributed by atoms with van der Waals surface area (Å²) in [6.07, 6.45) is 1.39. The Morgan fingerprint density at radius 1 is 1.14 bits per heavy atom. The van der Waals surface area contributed by atoms with Crippen molar-refractivity contribution in [2.75, 3.05) is 20.0 Å². The van der Waals surface area contributed by atoms with Crippen molar-refractivity contribution < 1.29 is 19.4 Å². The summed E-state index contributed by atoms with van der Waals surface area (Å²) in [5.74, 6) is -0.163. The van der Waals surface area contributed by atoms with Gasteiger partial charge in [-0.1, -0.05) is 35.5 Å². The van der Waals surface area contributed by atoms with Gasteiger partial charge in [-0.25, -0.2) is 10.4 Å². The lowest BCUT2D eigenvalue weighted by atomic mass is 10.2. The van der Waals surface area contributed by atoms with Crippen LogP contribution in [0.25, 0.3) is 16.6 Å². The Labute approximate surface area is 215 Å². The van der Waals surface area contributed by atoms with Gasteiger partial charge in [0.2, 0.25) is 5.75 Å². The number of carbonyl (C=O) groups is 1. The molecule has 0 aliphatic heterocycles. The van der Waals surface area contributed by atoms with Crippen LogP contribution >= 0.6 is 23.4 Å². The number of hydrazone groups is 1. The smallest absolute Gasteiger partial charge is 0.266 e. The summed E-state index contributed by atoms with van der Waals surface area (Å²) in [6, 6.07) is 16.9. The molecular formula is C25H21ClN4O5S. The van der Waals surface area contributed by atoms with Crippen LogP contribution in [0.5, 0.6) is 17.2 Å². The number of methoxy groups -OCH3 is 2. The Hall–Kier alpha value is -4.02. The quantitative estimate of drug-likeness (QED) is 0.155. The predicted molar refractivity (Wildman–Crippen MR) is 140 cm³/mol. The number of halogens is 1. The number of ether oxygens (including phenoxy) is 2. The first-order chi connectivity index (χ1) is 17.4. The number of aromatic nitrogens is 2. The van der Waals surface area contributed by atoms with E-state index in [1.807, 2.05) is 0 Å². The van der Waals surface area contributed by atoms with Crippen molar-refractivity contribution in [2.24, 2.45) is 5.10 Å². The van der Waals surface area contributed by atoms with Crippen molar-refractivity contribution in [1.29, 1.82) is 0 Å². The maximum Gasteiger partial charge on any atom is 0.266 e. The number of phenols is 1. The molecule has 0 saturated carbocycles. The molecule has 2 N–H and O–H groups in total. The first kappa shape index (κ1) is 25.1. The van der Waals surface area contributed by atoms with Gasteiger partial charge in [-0.05, 0) is 48.5 Å². The molecule has 36 heavy (non-hydrogen) atoms. The predicted octanol–water partition coefficient (Wildman–Crippen LogP) is 4.00. The van der Waals surface area contributed by atoms with Gasteiger partial charge in [-0.3, -0.25) is 14.2 Å². The van der Waals surface area contributed by atoms with E-state index < -0.39 is 5.91 Å². The Bertz CT molecular complexity index is 1480. The summed E-state index contributed by atoms with van der Waals surface area (Å²) in [7, 11) is 2.83. The van der Waals surface area contributed by atoms with Gasteiger partial charge in [0.25, 0.3) is 11.5 Å². The third kappa shape index (κ3) is 5.45. The number of hydrogen-bond donors (Lipinski definition) is 2. The van der Waals surface area contributed by atoms with E-state index in [1.54, 1.807) is 60.7 Å². The molecule has 0 atom stereocenters. The monoisotopic (exact) mass is 524 g/mol. The van der Waals surface area contributed by atoms with Crippen molar-refractivity contribution >= 4 is 46.4 Å². The Morgan fingerprint density at radius 2 is 1.81 bits per heavy atom. The molecule has 0 aliphatic rings. The van der Waals surface area contributed by atoms with Gasteiger partial charge in [-0.15, -0.1) is 0 Å². The third-order valence-corrected chi connectivity index (χ3v) is 6.26. The van der Waals surface area contributed by atoms with E-state index in [0.717, 1.165) is 11.8 Å². The zero-order chi connectivity index (χ0) is 25.7. The highest BCUT2D eigenvalue weighted by Gasteiger charge is 2.15. The fourth-order valence-electron chi connectivity index (χ4n) is 3.36. The zero-order valence-electron chi connectivity index (χ0n) is 19.3. The van der Waals surface area contributed by atoms with Crippen LogP contribution in [0.2, 0.25) is 5.02 Å². The number of fused-ring (bicyclic) bond motifs is 1. The van der Waals surface area contributed by atoms with Crippen LogP contribution in [-0.4, -0.2) is 46.8 Å². The molecule has 0 radical (unpaired) electrons. The minimum atomic E-state index is -0.404. The summed E-state index contributed by atoms with van der Waals surface area (Å²) in [5, 5.41) is 15.3. The third-order valence-electron chi connectivity index (χ3n) is 5.07. The number of rotatable bonds is 8. The highest BCUT2D eigenvalue weighted by Crippen LogP contribution is 2.36. The average molecular weight is 525 g/mol. The number of benzene rings is 3. The largest absolute Gasteiger partial charge is 0.502 e. The molecule has 9 nitrogen and oxygen atoms in total. The second kappa shape index (κ2) is 11.1. The normalized spacial score (nSPS) is 11.1. The van der Waals surface area contributed by atoms with Gasteiger partial charge in [-0.2, -0.15) is 5.10 Å². The maximum absolute atomic E-state index is 13.3. The van der Waals surface area contributed by atoms with Gasteiger partial charge in [0.05, 0.1) is 42.8 Å². The first-order valence-electron chi connectivity index (χ1n) is 10.6. The lowest BCUT2D eigenvalue weighted by Gasteiger charge is -2.13. The van der Waals surface area contributed by atoms with Crippen LogP contribution in [0.15, 0.2) is 75.7 Å². The van der Waals surface area contributed by atoms with Crippen LogP contribution in [0.4, 0.5) is 0 Å². The van der Waals surface area contributed by atoms with Crippen LogP contribution in [0.1, 0.15) is 5.56 Å². The van der Waals surface area contributed by atoms with Gasteiger partial charge >= 0.3 is 0 Å². The molecule has 4 rings (SSSR count). The van der Waals surface area contributed by atoms with E-state index in [2.05, 4.69) is 15.5 Å². The fraction of sp³-hybridized carbons (Fsp3) is 0.120. The van der Waals surface area contributed by atoms with E-state index >= 15 is 0 Å². The molecule has 0 bridgehead atoms. The highest BCUT2D eigenvalue weighted by atomic mass is 35.5. The SMILES string of the molecule is COc1cc(/C=N/NC(=O)CSc2nc3ccccc3c(=O)n2-c2ccc(Cl)cc2)cc(OC)c1O. The number of thioether (sulfide) groups is 1. The molecule has 0 aliphatic carbocycles. The molecule has 11 heteroatoms. The van der Waals surface area contributed by atoms with Gasteiger partial charge in [0.15, 0.2) is 16.7 Å². The lowest BCUT2D eigenvalue weighted by molar-refractivity contribution is -0.118. The minimum Gasteiger partial charge on any atom is -0.502 e. The topological polar surface area (TPSA) is 115 Å². The summed E-state index contributed by atoms with van der Waals surface area (Å²) in [4.78, 5) is 30.3. The van der Waals surface area contributed by atoms with E-state index in [1.165, 1.54) is 25.0 Å². The van der Waals surface area contributed by atoms with Gasteiger partial charge in [0, 0.05) is 10.6 Å². The van der Waals surface area contributed by atoms with Gasteiger partial charge in [0.1, 0.15) is 0 Å². The summed E-state index contributed by atoms with van der Waals surface area (Å²) in [6.45, 7) is 0. The van der Waals surface area contributed by atoms with E-state index in [4.69, 9.17) is 21.1 Å². The Kier molecular flexibility index (Phi) is 7.77. The summed E-state index contributed by atoms with van der Waals surface area (Å²) < 4.78 is 11.7. The van der Waals surface area contributed by atoms with Crippen molar-refractivity contribution in [3.8, 4) is 22.9 Å². The molecular weight excluding hydrogens is 504 g/mol. The van der Waals surface area contributed by atoms with Gasteiger partial charge < -0.3 is 14.6 Å². The zero-order valence-corrected chi connectivity index (χ0v) is 20.8. The van der Waals surface area contributed by atoms with Crippen LogP contribution in [0.3, 0.4) is 0 Å². The Morgan fingerprint density at radius 3 is 2.47 bits per heavy atom. The highest BCUT2D eigenvalue weighted by molar-refractivity contribution is 7.99. The van der Waals surface area contributed by atoms with E-state index in [-0.39, 0.29) is 28.6 Å². The summed E-state index contributed by atoms with van der Waals surface area (Å²) >= 11 is 7.11. The number of nitrogens with one attached hydrogen (secondary N) is 1. The fourth-order valence-corrected chi connectivity index (χ4v) is 4.29. The van der Waals surface area contributed by atoms with Crippen LogP contribution in [-0.2, 0) is 4.79 Å². The molecule has 0 saturated heterocycles. The molecule has 184 valence electrons. The van der Waals surface area contributed by atoms with Crippen molar-refractivity contribution in [2.45, 2.75) is 5.16 Å². The summed E-state index contributed by atoms with van der Waals surface area (Å²) in [5.41, 5.74) is 3.85. The number of para-hydroxylation sites is 1. The lowest BCUT2D eigenvalue weighted by Crippen LogP contribution is -2.24. The first-order valence-corrected chi connectivity index (χ1v) is 11.9. The van der Waals surface area contributed by atoms with Crippen molar-refractivity contribution in [1.82, 2.24) is 15.0 Å². The minimum absolute atomic E-state index is 0.0437. The molecule has 0 fully saturated rings. The second-order valence-electron chi connectivity index (χ2n) is 7.38. The maximum atomic E-state index is 13.3. The number of phenolic OH excluding ortho intramolecular Hbond substituents is 1. The molecule has 0 spiro atoms. The number of amides is 1. The molecule has 4 aromatic rings. The average Bonchev–Trinajstić information content (AvgIpc) is 2.89. The molecule has 1 aromatic heterocycles.